The van der Waals surface area contributed by atoms with Gasteiger partial charge in [-0.1, -0.05) is 0 Å². The highest BCUT2D eigenvalue weighted by molar-refractivity contribution is 7.42. The van der Waals surface area contributed by atoms with E-state index in [-0.39, 0.29) is 25.4 Å². The first-order chi connectivity index (χ1) is 11.2. The minimum atomic E-state index is -5.14. The van der Waals surface area contributed by atoms with Crippen LogP contribution in [-0.2, 0) is 23.7 Å². The summed E-state index contributed by atoms with van der Waals surface area (Å²) in [6.07, 6.45) is 0. The average molecular weight is 424 g/mol. The molecule has 0 saturated heterocycles. The molecule has 0 fully saturated rings. The predicted molar refractivity (Wildman–Crippen MR) is 85.2 cm³/mol. The summed E-state index contributed by atoms with van der Waals surface area (Å²) in [7, 11) is -5.14. The Morgan fingerprint density at radius 1 is 0.667 bits per heavy atom. The molecular weight excluding hydrogens is 399 g/mol. The summed E-state index contributed by atoms with van der Waals surface area (Å²) in [6, 6.07) is 0. The second-order valence-electron chi connectivity index (χ2n) is 4.46. The Hall–Kier alpha value is -2.17. The zero-order chi connectivity index (χ0) is 20.2. The van der Waals surface area contributed by atoms with Crippen molar-refractivity contribution in [2.24, 2.45) is 0 Å². The molecule has 0 saturated carbocycles. The molecule has 0 aromatic rings. The number of nitrogens with zero attached hydrogens (tertiary/aromatic N) is 2. The van der Waals surface area contributed by atoms with Crippen molar-refractivity contribution < 1.29 is 58.8 Å². The van der Waals surface area contributed by atoms with Crippen molar-refractivity contribution in [3.63, 3.8) is 0 Å². The van der Waals surface area contributed by atoms with Crippen molar-refractivity contribution in [3.05, 3.63) is 0 Å². The van der Waals surface area contributed by atoms with Crippen molar-refractivity contribution in [1.82, 2.24) is 22.1 Å². The third-order valence-corrected chi connectivity index (χ3v) is 2.17. The highest BCUT2D eigenvalue weighted by Crippen LogP contribution is 2.11. The zero-order valence-corrected chi connectivity index (χ0v) is 15.6. The van der Waals surface area contributed by atoms with Gasteiger partial charge in [-0.15, -0.1) is 0 Å². The number of carbonyl (C=O) groups is 4. The van der Waals surface area contributed by atoms with Crippen LogP contribution in [0.5, 0.6) is 0 Å². The molecule has 0 rings (SSSR count). The second-order valence-corrected chi connectivity index (χ2v) is 5.40. The van der Waals surface area contributed by atoms with E-state index in [1.165, 1.54) is 0 Å². The fourth-order valence-electron chi connectivity index (χ4n) is 1.48. The SMILES string of the molecule is O=C(O)CN(CCN(CC(=O)O)CC(=O)O)CC(=O)O.O=P([O-])([O-])O.[NH4+].[NH4+]. The summed E-state index contributed by atoms with van der Waals surface area (Å²) in [5, 5.41) is 34.5. The van der Waals surface area contributed by atoms with Crippen LogP contribution in [-0.4, -0.2) is 98.3 Å². The van der Waals surface area contributed by atoms with Crippen LogP contribution in [0.15, 0.2) is 0 Å². The lowest BCUT2D eigenvalue weighted by molar-refractivity contribution is -0.337. The van der Waals surface area contributed by atoms with E-state index in [9.17, 15) is 19.2 Å². The Morgan fingerprint density at radius 2 is 0.815 bits per heavy atom. The number of quaternary nitrogens is 2. The molecule has 0 atom stereocenters. The number of rotatable bonds is 11. The van der Waals surface area contributed by atoms with E-state index in [0.717, 1.165) is 9.80 Å². The molecule has 0 aromatic carbocycles. The van der Waals surface area contributed by atoms with E-state index >= 15 is 0 Å². The first-order valence-electron chi connectivity index (χ1n) is 6.27. The molecule has 0 heterocycles. The van der Waals surface area contributed by atoms with E-state index in [0.29, 0.717) is 0 Å². The molecule has 0 amide bonds. The van der Waals surface area contributed by atoms with Crippen molar-refractivity contribution in [3.8, 4) is 0 Å². The molecule has 0 aliphatic rings. The van der Waals surface area contributed by atoms with E-state index in [1.54, 1.807) is 0 Å². The zero-order valence-electron chi connectivity index (χ0n) is 14.7. The van der Waals surface area contributed by atoms with Crippen molar-refractivity contribution >= 4 is 31.7 Å². The minimum absolute atomic E-state index is 0. The van der Waals surface area contributed by atoms with Crippen molar-refractivity contribution in [2.75, 3.05) is 39.3 Å². The number of hydrogen-bond acceptors (Lipinski definition) is 9. The maximum atomic E-state index is 10.6. The van der Waals surface area contributed by atoms with Gasteiger partial charge in [-0.2, -0.15) is 0 Å². The molecular formula is C10H25N4O12P. The van der Waals surface area contributed by atoms with Gasteiger partial charge >= 0.3 is 23.9 Å². The second kappa shape index (κ2) is 16.0. The normalized spacial score (nSPS) is 10.1. The van der Waals surface area contributed by atoms with Gasteiger partial charge in [0.1, 0.15) is 0 Å². The van der Waals surface area contributed by atoms with E-state index in [2.05, 4.69) is 0 Å². The topological polar surface area (TPSA) is 312 Å². The maximum absolute atomic E-state index is 10.6. The lowest BCUT2D eigenvalue weighted by Gasteiger charge is -2.23. The van der Waals surface area contributed by atoms with Crippen LogP contribution in [0.25, 0.3) is 0 Å². The number of phosphoric acid groups is 1. The quantitative estimate of drug-likeness (QED) is 0.158. The van der Waals surface area contributed by atoms with Crippen LogP contribution in [0.4, 0.5) is 0 Å². The molecule has 27 heavy (non-hydrogen) atoms. The van der Waals surface area contributed by atoms with E-state index in [4.69, 9.17) is 39.7 Å². The van der Waals surface area contributed by atoms with Gasteiger partial charge in [0.15, 0.2) is 0 Å². The van der Waals surface area contributed by atoms with Crippen molar-refractivity contribution in [1.29, 1.82) is 0 Å². The molecule has 0 aliphatic heterocycles. The summed E-state index contributed by atoms with van der Waals surface area (Å²) in [5.74, 6) is -4.91. The molecule has 16 nitrogen and oxygen atoms in total. The van der Waals surface area contributed by atoms with Crippen LogP contribution in [0, 0.1) is 0 Å². The molecule has 0 aliphatic carbocycles. The van der Waals surface area contributed by atoms with Crippen LogP contribution >= 0.6 is 7.82 Å². The molecule has 0 bridgehead atoms. The summed E-state index contributed by atoms with van der Waals surface area (Å²) in [4.78, 5) is 68.6. The monoisotopic (exact) mass is 424 g/mol. The smallest absolute Gasteiger partial charge is 0.317 e. The van der Waals surface area contributed by atoms with Crippen LogP contribution in [0.1, 0.15) is 0 Å². The fourth-order valence-corrected chi connectivity index (χ4v) is 1.48. The fraction of sp³-hybridized carbons (Fsp3) is 0.600. The summed E-state index contributed by atoms with van der Waals surface area (Å²) in [6.45, 7) is -2.25. The Balaban J connectivity index is -0.000000333. The van der Waals surface area contributed by atoms with Crippen LogP contribution in [0.2, 0.25) is 0 Å². The summed E-state index contributed by atoms with van der Waals surface area (Å²) < 4.78 is 8.66. The van der Waals surface area contributed by atoms with Crippen LogP contribution < -0.4 is 22.1 Å². The first kappa shape index (κ1) is 32.5. The summed E-state index contributed by atoms with van der Waals surface area (Å²) in [5.41, 5.74) is 0. The summed E-state index contributed by atoms with van der Waals surface area (Å²) >= 11 is 0. The van der Waals surface area contributed by atoms with E-state index < -0.39 is 57.9 Å². The largest absolute Gasteiger partial charge is 0.790 e. The molecule has 13 N–H and O–H groups in total. The number of aliphatic carboxylic acids is 4. The van der Waals surface area contributed by atoms with Gasteiger partial charge in [0.2, 0.25) is 0 Å². The molecule has 0 aromatic heterocycles. The Morgan fingerprint density at radius 3 is 0.926 bits per heavy atom. The molecule has 162 valence electrons. The Bertz CT molecular complexity index is 448. The molecule has 17 heteroatoms. The highest BCUT2D eigenvalue weighted by Gasteiger charge is 2.17. The van der Waals surface area contributed by atoms with Gasteiger partial charge in [0, 0.05) is 13.1 Å². The minimum Gasteiger partial charge on any atom is -0.790 e. The lowest BCUT2D eigenvalue weighted by atomic mass is 10.4. The Kier molecular flexibility index (Phi) is 19.3. The van der Waals surface area contributed by atoms with Gasteiger partial charge in [-0.25, -0.2) is 0 Å². The average Bonchev–Trinajstić information content (AvgIpc) is 2.30. The molecule has 0 spiro atoms. The van der Waals surface area contributed by atoms with Crippen molar-refractivity contribution in [2.45, 2.75) is 0 Å². The van der Waals surface area contributed by atoms with E-state index in [1.807, 2.05) is 0 Å². The standard InChI is InChI=1S/C10H16N2O8.2H3N.H3O4P/c13-7(14)3-11(4-8(15)16)1-2-12(5-9(17)18)6-10(19)20;;;1-5(2,3)4/h1-6H2,(H,13,14)(H,15,16)(H,17,18)(H,19,20);2*1H3;(H3,1,2,3,4). The van der Waals surface area contributed by atoms with Gasteiger partial charge in [-0.3, -0.25) is 29.0 Å². The van der Waals surface area contributed by atoms with Gasteiger partial charge < -0.3 is 52.0 Å². The number of carboxylic acids is 4. The Labute approximate surface area is 153 Å². The first-order valence-corrected chi connectivity index (χ1v) is 7.77. The van der Waals surface area contributed by atoms with Gasteiger partial charge in [-0.05, 0) is 0 Å². The molecule has 0 radical (unpaired) electrons. The number of carboxylic acid groups (broad SMARTS) is 4. The third kappa shape index (κ3) is 32.0. The highest BCUT2D eigenvalue weighted by atomic mass is 31.2. The van der Waals surface area contributed by atoms with Crippen LogP contribution in [0.3, 0.4) is 0 Å². The lowest BCUT2D eigenvalue weighted by Crippen LogP contribution is -2.43. The van der Waals surface area contributed by atoms with Gasteiger partial charge in [0.25, 0.3) is 0 Å². The van der Waals surface area contributed by atoms with Gasteiger partial charge in [0.05, 0.1) is 34.0 Å². The maximum Gasteiger partial charge on any atom is 0.317 e. The number of hydrogen-bond donors (Lipinski definition) is 7. The predicted octanol–water partition coefficient (Wildman–Crippen LogP) is -3.51. The third-order valence-electron chi connectivity index (χ3n) is 2.17. The molecule has 0 unspecified atom stereocenters.